The molecule has 1 heteroatoms. The van der Waals surface area contributed by atoms with Gasteiger partial charge in [0.1, 0.15) is 0 Å². The largest absolute Gasteiger partial charge is 0.0876 e. The second-order valence-electron chi connectivity index (χ2n) is 17.3. The smallest absolute Gasteiger partial charge is 0.0289 e. The van der Waals surface area contributed by atoms with Gasteiger partial charge in [-0.05, 0) is 203 Å². The summed E-state index contributed by atoms with van der Waals surface area (Å²) in [7, 11) is 0. The predicted octanol–water partition coefficient (Wildman–Crippen LogP) is 15.3. The first-order valence-corrected chi connectivity index (χ1v) is 22.5. The van der Waals surface area contributed by atoms with Gasteiger partial charge in [0.05, 0.1) is 0 Å². The number of alkyl halides is 1. The van der Waals surface area contributed by atoms with Gasteiger partial charge in [0.2, 0.25) is 0 Å². The highest BCUT2D eigenvalue weighted by molar-refractivity contribution is 9.08. The van der Waals surface area contributed by atoms with Crippen molar-refractivity contribution in [1.29, 1.82) is 0 Å². The molecule has 6 aromatic carbocycles. The van der Waals surface area contributed by atoms with Crippen LogP contribution < -0.4 is 0 Å². The first kappa shape index (κ1) is 40.5. The van der Waals surface area contributed by atoms with Crippen LogP contribution in [0.25, 0.3) is 23.3 Å². The maximum atomic E-state index is 3.59. The lowest BCUT2D eigenvalue weighted by Gasteiger charge is -2.17. The topological polar surface area (TPSA) is 0 Å². The Bertz CT molecular complexity index is 2730. The molecule has 0 aliphatic heterocycles. The zero-order valence-electron chi connectivity index (χ0n) is 36.2. The minimum Gasteiger partial charge on any atom is -0.0876 e. The summed E-state index contributed by atoms with van der Waals surface area (Å²) < 4.78 is 0. The molecule has 4 aliphatic carbocycles. The van der Waals surface area contributed by atoms with Crippen molar-refractivity contribution in [3.63, 3.8) is 0 Å². The van der Waals surface area contributed by atoms with Crippen LogP contribution in [-0.4, -0.2) is 0 Å². The monoisotopic (exact) mass is 832 g/mol. The molecular weight excluding hydrogens is 777 g/mol. The van der Waals surface area contributed by atoms with Crippen LogP contribution in [0.3, 0.4) is 0 Å². The van der Waals surface area contributed by atoms with E-state index in [1.54, 1.807) is 0 Å². The van der Waals surface area contributed by atoms with E-state index in [4.69, 9.17) is 0 Å². The lowest BCUT2D eigenvalue weighted by Crippen LogP contribution is -2.03. The van der Waals surface area contributed by atoms with Crippen LogP contribution in [0, 0.1) is 55.4 Å². The number of rotatable bonds is 5. The summed E-state index contributed by atoms with van der Waals surface area (Å²) in [6.07, 6.45) is 18.2. The van der Waals surface area contributed by atoms with Gasteiger partial charge in [-0.25, -0.2) is 0 Å². The maximum Gasteiger partial charge on any atom is 0.0289 e. The van der Waals surface area contributed by atoms with Gasteiger partial charge in [-0.1, -0.05) is 149 Å². The molecule has 0 heterocycles. The number of hydrogen-bond acceptors (Lipinski definition) is 0. The molecule has 0 amide bonds. The highest BCUT2D eigenvalue weighted by Gasteiger charge is 2.23. The number of aryl methyl sites for hydroxylation is 8. The SMILES string of the molecule is Cc1cc2c(cc1C)C(Cc1ccccc1C1=CCc3cc(C)c(C)cc31)C=C2.Cc1cc2c(cc1C)C(c1ccccc1CBr)=CC2.Cc1cc2c(cc1C)CC=C2. The van der Waals surface area contributed by atoms with Crippen LogP contribution in [0.2, 0.25) is 0 Å². The van der Waals surface area contributed by atoms with Gasteiger partial charge in [-0.15, -0.1) is 0 Å². The standard InChI is InChI=1S/C29H28.C18H17Br.C11H12/c1-18-13-23-9-10-25(28(23)15-20(18)3)17-22-7-5-6-8-26(22)27-12-11-24-14-19(2)21(4)16-29(24)27;1-12-9-14-7-8-17(18(14)10-13(12)2)16-6-4-3-5-15(16)11-19;1-8-6-10-4-3-5-11(10)7-9(8)2/h5-10,12-16,25H,11,17H2,1-4H3;3-6,8-10H,7,11H2,1-2H3;3-4,6-7H,5H2,1-2H3. The molecule has 0 spiro atoms. The summed E-state index contributed by atoms with van der Waals surface area (Å²) in [5, 5.41) is 0.903. The van der Waals surface area contributed by atoms with Gasteiger partial charge in [-0.3, -0.25) is 0 Å². The molecule has 0 aromatic heterocycles. The Morgan fingerprint density at radius 2 is 0.932 bits per heavy atom. The van der Waals surface area contributed by atoms with Crippen molar-refractivity contribution in [1.82, 2.24) is 0 Å². The molecule has 0 radical (unpaired) electrons. The highest BCUT2D eigenvalue weighted by Crippen LogP contribution is 2.40. The molecule has 59 heavy (non-hydrogen) atoms. The Labute approximate surface area is 362 Å². The Balaban J connectivity index is 0.000000137. The summed E-state index contributed by atoms with van der Waals surface area (Å²) >= 11 is 3.59. The first-order chi connectivity index (χ1) is 28.5. The third kappa shape index (κ3) is 8.33. The number of hydrogen-bond donors (Lipinski definition) is 0. The van der Waals surface area contributed by atoms with Crippen molar-refractivity contribution in [3.05, 3.63) is 233 Å². The molecule has 0 N–H and O–H groups in total. The highest BCUT2D eigenvalue weighted by atomic mass is 79.9. The van der Waals surface area contributed by atoms with Crippen LogP contribution in [-0.2, 0) is 31.0 Å². The van der Waals surface area contributed by atoms with Crippen LogP contribution in [0.1, 0.15) is 117 Å². The Morgan fingerprint density at radius 1 is 0.458 bits per heavy atom. The fourth-order valence-electron chi connectivity index (χ4n) is 9.21. The van der Waals surface area contributed by atoms with Gasteiger partial charge >= 0.3 is 0 Å². The summed E-state index contributed by atoms with van der Waals surface area (Å²) in [6, 6.07) is 36.4. The molecule has 0 saturated heterocycles. The van der Waals surface area contributed by atoms with E-state index in [1.807, 2.05) is 0 Å². The zero-order valence-corrected chi connectivity index (χ0v) is 37.8. The summed E-state index contributed by atoms with van der Waals surface area (Å²) in [5.74, 6) is 0.465. The number of benzene rings is 6. The van der Waals surface area contributed by atoms with E-state index in [0.29, 0.717) is 5.92 Å². The second kappa shape index (κ2) is 17.2. The quantitative estimate of drug-likeness (QED) is 0.152. The molecule has 296 valence electrons. The number of halogens is 1. The Kier molecular flexibility index (Phi) is 11.8. The van der Waals surface area contributed by atoms with Crippen molar-refractivity contribution in [2.24, 2.45) is 0 Å². The molecule has 0 nitrogen and oxygen atoms in total. The van der Waals surface area contributed by atoms with Crippen molar-refractivity contribution < 1.29 is 0 Å². The number of fused-ring (bicyclic) bond motifs is 4. The fourth-order valence-corrected chi connectivity index (χ4v) is 9.70. The first-order valence-electron chi connectivity index (χ1n) is 21.4. The third-order valence-corrected chi connectivity index (χ3v) is 13.9. The van der Waals surface area contributed by atoms with Gasteiger partial charge in [0.25, 0.3) is 0 Å². The van der Waals surface area contributed by atoms with Crippen molar-refractivity contribution >= 4 is 39.2 Å². The van der Waals surface area contributed by atoms with E-state index in [2.05, 4.69) is 205 Å². The maximum absolute atomic E-state index is 3.59. The van der Waals surface area contributed by atoms with Gasteiger partial charge in [-0.2, -0.15) is 0 Å². The van der Waals surface area contributed by atoms with Crippen molar-refractivity contribution in [2.45, 2.75) is 92.3 Å². The summed E-state index contributed by atoms with van der Waals surface area (Å²) in [6.45, 7) is 17.6. The molecule has 0 saturated carbocycles. The fraction of sp³-hybridized carbons (Fsp3) is 0.241. The lowest BCUT2D eigenvalue weighted by molar-refractivity contribution is 0.846. The zero-order chi connectivity index (χ0) is 41.4. The average molecular weight is 834 g/mol. The third-order valence-electron chi connectivity index (χ3n) is 13.3. The van der Waals surface area contributed by atoms with Crippen molar-refractivity contribution in [2.75, 3.05) is 0 Å². The Hall–Kier alpha value is -5.24. The summed E-state index contributed by atoms with van der Waals surface area (Å²) in [5.41, 5.74) is 31.1. The van der Waals surface area contributed by atoms with E-state index < -0.39 is 0 Å². The van der Waals surface area contributed by atoms with E-state index in [9.17, 15) is 0 Å². The number of allylic oxidation sites excluding steroid dienone is 4. The van der Waals surface area contributed by atoms with Crippen LogP contribution in [0.5, 0.6) is 0 Å². The Morgan fingerprint density at radius 3 is 1.53 bits per heavy atom. The molecule has 1 unspecified atom stereocenters. The van der Waals surface area contributed by atoms with Crippen molar-refractivity contribution in [3.8, 4) is 0 Å². The van der Waals surface area contributed by atoms with E-state index in [-0.39, 0.29) is 0 Å². The lowest BCUT2D eigenvalue weighted by atomic mass is 9.86. The minimum atomic E-state index is 0.465. The van der Waals surface area contributed by atoms with Crippen LogP contribution in [0.4, 0.5) is 0 Å². The molecular formula is C58H57Br. The molecule has 0 fully saturated rings. The molecule has 10 rings (SSSR count). The van der Waals surface area contributed by atoms with Gasteiger partial charge in [0, 0.05) is 11.2 Å². The van der Waals surface area contributed by atoms with Crippen LogP contribution >= 0.6 is 15.9 Å². The van der Waals surface area contributed by atoms with Crippen LogP contribution in [0.15, 0.2) is 121 Å². The molecule has 4 aliphatic rings. The predicted molar refractivity (Wildman–Crippen MR) is 259 cm³/mol. The average Bonchev–Trinajstić information content (AvgIpc) is 4.04. The minimum absolute atomic E-state index is 0.465. The molecule has 0 bridgehead atoms. The van der Waals surface area contributed by atoms with E-state index in [0.717, 1.165) is 31.0 Å². The molecule has 1 atom stereocenters. The van der Waals surface area contributed by atoms with E-state index >= 15 is 0 Å². The normalized spacial score (nSPS) is 15.0. The van der Waals surface area contributed by atoms with Gasteiger partial charge < -0.3 is 0 Å². The molecule has 6 aromatic rings. The summed E-state index contributed by atoms with van der Waals surface area (Å²) in [4.78, 5) is 0. The van der Waals surface area contributed by atoms with Gasteiger partial charge in [0.15, 0.2) is 0 Å². The second-order valence-corrected chi connectivity index (χ2v) is 17.8. The van der Waals surface area contributed by atoms with E-state index in [1.165, 1.54) is 122 Å².